The van der Waals surface area contributed by atoms with Crippen molar-refractivity contribution in [2.24, 2.45) is 0 Å². The van der Waals surface area contributed by atoms with Gasteiger partial charge in [0.1, 0.15) is 6.07 Å². The summed E-state index contributed by atoms with van der Waals surface area (Å²) in [5.74, 6) is 0.536. The number of carbonyl (C=O) groups excluding carboxylic acids is 1. The zero-order valence-corrected chi connectivity index (χ0v) is 13.5. The Balaban J connectivity index is 1.66. The van der Waals surface area contributed by atoms with Crippen molar-refractivity contribution < 1.29 is 4.79 Å². The van der Waals surface area contributed by atoms with E-state index in [1.807, 2.05) is 25.1 Å². The van der Waals surface area contributed by atoms with Crippen LogP contribution in [0, 0.1) is 11.3 Å². The molecule has 0 atom stereocenters. The molecule has 3 rings (SSSR count). The summed E-state index contributed by atoms with van der Waals surface area (Å²) in [6.07, 6.45) is 6.58. The highest BCUT2D eigenvalue weighted by Crippen LogP contribution is 2.14. The van der Waals surface area contributed by atoms with Crippen molar-refractivity contribution in [1.82, 2.24) is 24.6 Å². The molecule has 0 bridgehead atoms. The van der Waals surface area contributed by atoms with Crippen LogP contribution in [0.1, 0.15) is 17.0 Å². The monoisotopic (exact) mass is 323 g/mol. The highest BCUT2D eigenvalue weighted by atomic mass is 16.2. The molecule has 0 aliphatic carbocycles. The van der Waals surface area contributed by atoms with Crippen molar-refractivity contribution in [3.05, 3.63) is 41.5 Å². The van der Waals surface area contributed by atoms with Crippen molar-refractivity contribution in [1.29, 1.82) is 5.26 Å². The van der Waals surface area contributed by atoms with Crippen LogP contribution in [0.25, 0.3) is 6.08 Å². The zero-order chi connectivity index (χ0) is 17.1. The van der Waals surface area contributed by atoms with Crippen LogP contribution in [0.15, 0.2) is 24.5 Å². The molecular formula is C16H17N7O. The van der Waals surface area contributed by atoms with Gasteiger partial charge in [-0.2, -0.15) is 10.4 Å². The summed E-state index contributed by atoms with van der Waals surface area (Å²) in [6.45, 7) is 1.62. The second kappa shape index (κ2) is 6.50. The van der Waals surface area contributed by atoms with Gasteiger partial charge in [-0.1, -0.05) is 0 Å². The molecule has 2 aromatic rings. The third-order valence-corrected chi connectivity index (χ3v) is 3.70. The number of anilines is 1. The largest absolute Gasteiger partial charge is 0.347 e. The Morgan fingerprint density at radius 3 is 2.75 bits per heavy atom. The first-order valence-corrected chi connectivity index (χ1v) is 7.50. The number of aromatic nitrogens is 4. The van der Waals surface area contributed by atoms with Crippen molar-refractivity contribution in [3.63, 3.8) is 0 Å². The molecule has 0 unspecified atom stereocenters. The first-order valence-electron chi connectivity index (χ1n) is 7.50. The van der Waals surface area contributed by atoms with E-state index in [2.05, 4.69) is 15.1 Å². The molecule has 122 valence electrons. The fourth-order valence-electron chi connectivity index (χ4n) is 2.43. The van der Waals surface area contributed by atoms with E-state index < -0.39 is 0 Å². The van der Waals surface area contributed by atoms with Crippen molar-refractivity contribution in [2.75, 3.05) is 25.5 Å². The standard InChI is InChI=1S/C16H17N7O/c1-21(2)16-18-9-12(10-19-16)3-4-15(24)22-5-6-23-14(11-22)7-13(8-17)20-23/h3-4,7,9-10H,5-6,11H2,1-2H3. The first-order chi connectivity index (χ1) is 11.6. The second-order valence-electron chi connectivity index (χ2n) is 5.66. The van der Waals surface area contributed by atoms with Crippen LogP contribution < -0.4 is 4.90 Å². The Morgan fingerprint density at radius 2 is 2.08 bits per heavy atom. The normalized spacial score (nSPS) is 13.6. The van der Waals surface area contributed by atoms with E-state index in [0.717, 1.165) is 11.3 Å². The average Bonchev–Trinajstić information content (AvgIpc) is 3.02. The minimum Gasteiger partial charge on any atom is -0.347 e. The molecule has 1 aliphatic rings. The van der Waals surface area contributed by atoms with Crippen LogP contribution in [-0.4, -0.2) is 51.2 Å². The Labute approximate surface area is 139 Å². The number of hydrogen-bond acceptors (Lipinski definition) is 6. The van der Waals surface area contributed by atoms with E-state index in [0.29, 0.717) is 31.3 Å². The first kappa shape index (κ1) is 15.7. The lowest BCUT2D eigenvalue weighted by Gasteiger charge is -2.26. The third-order valence-electron chi connectivity index (χ3n) is 3.70. The molecule has 8 nitrogen and oxygen atoms in total. The lowest BCUT2D eigenvalue weighted by molar-refractivity contribution is -0.127. The summed E-state index contributed by atoms with van der Waals surface area (Å²) in [6, 6.07) is 3.74. The summed E-state index contributed by atoms with van der Waals surface area (Å²) < 4.78 is 1.78. The molecule has 3 heterocycles. The molecule has 0 fully saturated rings. The Morgan fingerprint density at radius 1 is 1.33 bits per heavy atom. The highest BCUT2D eigenvalue weighted by Gasteiger charge is 2.20. The van der Waals surface area contributed by atoms with Gasteiger partial charge in [-0.15, -0.1) is 0 Å². The molecule has 0 N–H and O–H groups in total. The molecule has 24 heavy (non-hydrogen) atoms. The summed E-state index contributed by atoms with van der Waals surface area (Å²) in [4.78, 5) is 24.3. The SMILES string of the molecule is CN(C)c1ncc(C=CC(=O)N2CCn3nc(C#N)cc3C2)cn1. The van der Waals surface area contributed by atoms with E-state index in [4.69, 9.17) is 5.26 Å². The highest BCUT2D eigenvalue weighted by molar-refractivity contribution is 5.91. The predicted molar refractivity (Wildman–Crippen MR) is 87.8 cm³/mol. The van der Waals surface area contributed by atoms with Gasteiger partial charge in [0.05, 0.1) is 18.8 Å². The van der Waals surface area contributed by atoms with Gasteiger partial charge in [0.15, 0.2) is 5.69 Å². The van der Waals surface area contributed by atoms with Crippen molar-refractivity contribution in [3.8, 4) is 6.07 Å². The van der Waals surface area contributed by atoms with Gasteiger partial charge >= 0.3 is 0 Å². The van der Waals surface area contributed by atoms with Crippen molar-refractivity contribution in [2.45, 2.75) is 13.1 Å². The maximum absolute atomic E-state index is 12.3. The average molecular weight is 323 g/mol. The molecule has 2 aromatic heterocycles. The summed E-state index contributed by atoms with van der Waals surface area (Å²) >= 11 is 0. The van der Waals surface area contributed by atoms with Crippen LogP contribution in [-0.2, 0) is 17.9 Å². The molecule has 0 saturated heterocycles. The third kappa shape index (κ3) is 3.25. The van der Waals surface area contributed by atoms with E-state index in [-0.39, 0.29) is 5.91 Å². The van der Waals surface area contributed by atoms with Crippen molar-refractivity contribution >= 4 is 17.9 Å². The quantitative estimate of drug-likeness (QED) is 0.771. The van der Waals surface area contributed by atoms with Gasteiger partial charge in [0.2, 0.25) is 11.9 Å². The Kier molecular flexibility index (Phi) is 4.24. The molecular weight excluding hydrogens is 306 g/mol. The molecule has 0 spiro atoms. The maximum Gasteiger partial charge on any atom is 0.246 e. The maximum atomic E-state index is 12.3. The van der Waals surface area contributed by atoms with E-state index >= 15 is 0 Å². The molecule has 8 heteroatoms. The van der Waals surface area contributed by atoms with Crippen LogP contribution >= 0.6 is 0 Å². The zero-order valence-electron chi connectivity index (χ0n) is 13.5. The molecule has 1 aliphatic heterocycles. The Bertz CT molecular complexity index is 814. The van der Waals surface area contributed by atoms with Gasteiger partial charge in [0, 0.05) is 44.7 Å². The number of amides is 1. The Hall–Kier alpha value is -3.21. The molecule has 0 saturated carbocycles. The minimum absolute atomic E-state index is 0.0855. The van der Waals surface area contributed by atoms with Crippen LogP contribution in [0.4, 0.5) is 5.95 Å². The van der Waals surface area contributed by atoms with Gasteiger partial charge in [-0.3, -0.25) is 9.48 Å². The number of carbonyl (C=O) groups is 1. The molecule has 0 radical (unpaired) electrons. The van der Waals surface area contributed by atoms with Gasteiger partial charge in [0.25, 0.3) is 0 Å². The number of hydrogen-bond donors (Lipinski definition) is 0. The second-order valence-corrected chi connectivity index (χ2v) is 5.66. The van der Waals surface area contributed by atoms with Gasteiger partial charge in [-0.25, -0.2) is 9.97 Å². The lowest BCUT2D eigenvalue weighted by Crippen LogP contribution is -2.37. The molecule has 1 amide bonds. The number of nitrogens with zero attached hydrogens (tertiary/aromatic N) is 7. The summed E-state index contributed by atoms with van der Waals surface area (Å²) in [7, 11) is 3.74. The topological polar surface area (TPSA) is 90.9 Å². The van der Waals surface area contributed by atoms with E-state index in [1.165, 1.54) is 6.08 Å². The summed E-state index contributed by atoms with van der Waals surface area (Å²) in [5.41, 5.74) is 2.02. The number of fused-ring (bicyclic) bond motifs is 1. The fraction of sp³-hybridized carbons (Fsp3) is 0.312. The van der Waals surface area contributed by atoms with E-state index in [9.17, 15) is 4.79 Å². The van der Waals surface area contributed by atoms with E-state index in [1.54, 1.807) is 34.1 Å². The number of rotatable bonds is 3. The minimum atomic E-state index is -0.0855. The van der Waals surface area contributed by atoms with Crippen LogP contribution in [0.5, 0.6) is 0 Å². The van der Waals surface area contributed by atoms with Gasteiger partial charge < -0.3 is 9.80 Å². The fourth-order valence-corrected chi connectivity index (χ4v) is 2.43. The molecule has 0 aromatic carbocycles. The van der Waals surface area contributed by atoms with Crippen LogP contribution in [0.3, 0.4) is 0 Å². The summed E-state index contributed by atoms with van der Waals surface area (Å²) in [5, 5.41) is 13.1. The number of nitriles is 1. The van der Waals surface area contributed by atoms with Crippen LogP contribution in [0.2, 0.25) is 0 Å². The smallest absolute Gasteiger partial charge is 0.246 e. The predicted octanol–water partition coefficient (Wildman–Crippen LogP) is 0.666. The lowest BCUT2D eigenvalue weighted by atomic mass is 10.2. The van der Waals surface area contributed by atoms with Gasteiger partial charge in [-0.05, 0) is 12.1 Å².